The lowest BCUT2D eigenvalue weighted by Gasteiger charge is -2.18. The van der Waals surface area contributed by atoms with Crippen LogP contribution in [0.1, 0.15) is 11.1 Å². The van der Waals surface area contributed by atoms with E-state index in [2.05, 4.69) is 9.66 Å². The van der Waals surface area contributed by atoms with Crippen LogP contribution in [0.2, 0.25) is 0 Å². The topological polar surface area (TPSA) is 98.8 Å². The number of hydrogen-bond acceptors (Lipinski definition) is 6. The van der Waals surface area contributed by atoms with E-state index in [1.807, 2.05) is 38.2 Å². The highest BCUT2D eigenvalue weighted by atomic mass is 32.2. The van der Waals surface area contributed by atoms with Gasteiger partial charge >= 0.3 is 0 Å². The van der Waals surface area contributed by atoms with E-state index in [1.165, 1.54) is 0 Å². The smallest absolute Gasteiger partial charge is 0.222 e. The molecular formula is C26H28N4O4S2. The van der Waals surface area contributed by atoms with Crippen LogP contribution in [0.4, 0.5) is 0 Å². The van der Waals surface area contributed by atoms with Crippen LogP contribution in [0.25, 0.3) is 0 Å². The van der Waals surface area contributed by atoms with Gasteiger partial charge in [0, 0.05) is 26.2 Å². The first-order valence-electron chi connectivity index (χ1n) is 11.6. The van der Waals surface area contributed by atoms with Crippen molar-refractivity contribution in [1.82, 2.24) is 19.7 Å². The molecule has 0 amide bonds. The third-order valence-electron chi connectivity index (χ3n) is 6.40. The van der Waals surface area contributed by atoms with Gasteiger partial charge in [-0.15, -0.1) is 9.66 Å². The Hall–Kier alpha value is -2.86. The van der Waals surface area contributed by atoms with Crippen LogP contribution in [-0.2, 0) is 20.0 Å². The van der Waals surface area contributed by atoms with E-state index in [4.69, 9.17) is 0 Å². The van der Waals surface area contributed by atoms with E-state index in [0.717, 1.165) is 33.4 Å². The zero-order valence-electron chi connectivity index (χ0n) is 20.1. The summed E-state index contributed by atoms with van der Waals surface area (Å²) >= 11 is 0. The van der Waals surface area contributed by atoms with Crippen LogP contribution in [-0.4, -0.2) is 53.0 Å². The van der Waals surface area contributed by atoms with E-state index in [9.17, 15) is 16.8 Å². The Kier molecular flexibility index (Phi) is 6.58. The third kappa shape index (κ3) is 5.29. The van der Waals surface area contributed by atoms with Crippen LogP contribution in [0.3, 0.4) is 0 Å². The van der Waals surface area contributed by atoms with E-state index < -0.39 is 20.0 Å². The van der Waals surface area contributed by atoms with Crippen molar-refractivity contribution in [3.05, 3.63) is 106 Å². The van der Waals surface area contributed by atoms with Gasteiger partial charge in [0.1, 0.15) is 0 Å². The summed E-state index contributed by atoms with van der Waals surface area (Å²) in [5.74, 6) is 0. The highest BCUT2D eigenvalue weighted by Gasteiger charge is 2.28. The van der Waals surface area contributed by atoms with Crippen LogP contribution in [0.5, 0.6) is 0 Å². The maximum Gasteiger partial charge on any atom is 0.253 e. The predicted molar refractivity (Wildman–Crippen MR) is 138 cm³/mol. The SMILES string of the molecule is Cc1ccc(S(=O)(=O)NN2CC3=C(/C=C\C4=C(/C=C\3)CN(NS(=O)(=O)c3ccc(C)cc3)C4)C2)cc1. The maximum atomic E-state index is 12.8. The number of rotatable bonds is 6. The highest BCUT2D eigenvalue weighted by Crippen LogP contribution is 2.27. The Bertz CT molecular complexity index is 1370. The Morgan fingerprint density at radius 3 is 1.08 bits per heavy atom. The van der Waals surface area contributed by atoms with Crippen molar-refractivity contribution in [1.29, 1.82) is 0 Å². The summed E-state index contributed by atoms with van der Waals surface area (Å²) in [5.41, 5.74) is 6.06. The van der Waals surface area contributed by atoms with Gasteiger partial charge in [-0.2, -0.15) is 0 Å². The summed E-state index contributed by atoms with van der Waals surface area (Å²) in [6.07, 6.45) is 7.97. The van der Waals surface area contributed by atoms with Gasteiger partial charge in [-0.25, -0.2) is 26.9 Å². The van der Waals surface area contributed by atoms with E-state index in [1.54, 1.807) is 58.5 Å². The molecule has 0 radical (unpaired) electrons. The molecule has 0 aromatic heterocycles. The third-order valence-corrected chi connectivity index (χ3v) is 9.18. The fourth-order valence-electron chi connectivity index (χ4n) is 4.39. The van der Waals surface area contributed by atoms with Gasteiger partial charge < -0.3 is 0 Å². The lowest BCUT2D eigenvalue weighted by molar-refractivity contribution is 0.306. The van der Waals surface area contributed by atoms with Gasteiger partial charge in [-0.05, 0) is 60.4 Å². The number of sulfonamides is 2. The van der Waals surface area contributed by atoms with E-state index in [-0.39, 0.29) is 9.79 Å². The van der Waals surface area contributed by atoms with Crippen molar-refractivity contribution in [3.63, 3.8) is 0 Å². The molecule has 36 heavy (non-hydrogen) atoms. The zero-order valence-corrected chi connectivity index (χ0v) is 21.7. The van der Waals surface area contributed by atoms with E-state index in [0.29, 0.717) is 26.2 Å². The van der Waals surface area contributed by atoms with Gasteiger partial charge in [-0.1, -0.05) is 59.7 Å². The van der Waals surface area contributed by atoms with Crippen LogP contribution in [0.15, 0.2) is 105 Å². The molecule has 2 N–H and O–H groups in total. The van der Waals surface area contributed by atoms with Crippen molar-refractivity contribution in [2.24, 2.45) is 0 Å². The zero-order chi connectivity index (χ0) is 25.5. The Morgan fingerprint density at radius 2 is 0.806 bits per heavy atom. The Balaban J connectivity index is 1.23. The number of aryl methyl sites for hydroxylation is 2. The molecule has 2 aromatic rings. The van der Waals surface area contributed by atoms with Gasteiger partial charge in [0.2, 0.25) is 0 Å². The largest absolute Gasteiger partial charge is 0.253 e. The molecule has 8 nitrogen and oxygen atoms in total. The summed E-state index contributed by atoms with van der Waals surface area (Å²) in [4.78, 5) is 5.83. The summed E-state index contributed by atoms with van der Waals surface area (Å²) in [6, 6.07) is 13.5. The minimum Gasteiger partial charge on any atom is -0.222 e. The van der Waals surface area contributed by atoms with Gasteiger partial charge in [0.25, 0.3) is 20.0 Å². The Labute approximate surface area is 212 Å². The first-order chi connectivity index (χ1) is 17.1. The molecule has 0 bridgehead atoms. The van der Waals surface area contributed by atoms with Gasteiger partial charge in [0.15, 0.2) is 0 Å². The highest BCUT2D eigenvalue weighted by molar-refractivity contribution is 7.89. The number of benzene rings is 2. The molecule has 0 spiro atoms. The molecule has 0 unspecified atom stereocenters. The van der Waals surface area contributed by atoms with Crippen molar-refractivity contribution < 1.29 is 16.8 Å². The molecule has 2 aromatic carbocycles. The molecule has 2 aliphatic heterocycles. The van der Waals surface area contributed by atoms with Crippen molar-refractivity contribution >= 4 is 20.0 Å². The summed E-state index contributed by atoms with van der Waals surface area (Å²) in [5, 5.41) is 3.37. The standard InChI is InChI=1S/C26H28N4O4S2/c1-19-3-11-25(12-4-19)35(31,32)27-29-15-21-7-9-23-17-30(18-24(23)10-8-22(21)16-29)28-36(33,34)26-13-5-20(2)6-14-26/h3-14,27-28H,15-18H2,1-2H3/b9-7-,10-8-,21-7?,22-8?,23-9?,24-10?. The van der Waals surface area contributed by atoms with Crippen molar-refractivity contribution in [2.75, 3.05) is 26.2 Å². The minimum atomic E-state index is -3.67. The second-order valence-electron chi connectivity index (χ2n) is 9.30. The first kappa shape index (κ1) is 24.8. The molecular weight excluding hydrogens is 496 g/mol. The maximum absolute atomic E-state index is 12.8. The van der Waals surface area contributed by atoms with Gasteiger partial charge in [0.05, 0.1) is 9.79 Å². The quantitative estimate of drug-likeness (QED) is 0.603. The molecule has 2 heterocycles. The fraction of sp³-hybridized carbons (Fsp3) is 0.231. The monoisotopic (exact) mass is 524 g/mol. The minimum absolute atomic E-state index is 0.229. The molecule has 5 rings (SSSR count). The molecule has 3 aliphatic rings. The number of hydrazine groups is 2. The fourth-order valence-corrected chi connectivity index (χ4v) is 6.53. The molecule has 10 heteroatoms. The average molecular weight is 525 g/mol. The van der Waals surface area contributed by atoms with Crippen LogP contribution >= 0.6 is 0 Å². The normalized spacial score (nSPS) is 20.7. The summed E-state index contributed by atoms with van der Waals surface area (Å²) < 4.78 is 51.2. The summed E-state index contributed by atoms with van der Waals surface area (Å²) in [7, 11) is -7.34. The first-order valence-corrected chi connectivity index (χ1v) is 14.5. The molecule has 0 saturated heterocycles. The van der Waals surface area contributed by atoms with E-state index >= 15 is 0 Å². The lowest BCUT2D eigenvalue weighted by Crippen LogP contribution is -2.41. The average Bonchev–Trinajstić information content (AvgIpc) is 3.37. The number of hydrogen-bond donors (Lipinski definition) is 2. The lowest BCUT2D eigenvalue weighted by atomic mass is 10.0. The number of nitrogens with one attached hydrogen (secondary N) is 2. The molecule has 0 atom stereocenters. The second-order valence-corrected chi connectivity index (χ2v) is 12.6. The molecule has 188 valence electrons. The molecule has 1 aliphatic carbocycles. The van der Waals surface area contributed by atoms with Crippen LogP contribution < -0.4 is 9.66 Å². The number of nitrogens with zero attached hydrogens (tertiary/aromatic N) is 2. The van der Waals surface area contributed by atoms with Crippen molar-refractivity contribution in [3.8, 4) is 0 Å². The van der Waals surface area contributed by atoms with Crippen molar-refractivity contribution in [2.45, 2.75) is 23.6 Å². The molecule has 0 fully saturated rings. The molecule has 0 saturated carbocycles. The summed E-state index contributed by atoms with van der Waals surface area (Å²) in [6.45, 7) is 5.58. The predicted octanol–water partition coefficient (Wildman–Crippen LogP) is 2.74. The van der Waals surface area contributed by atoms with Crippen LogP contribution in [0, 0.1) is 13.8 Å². The second kappa shape index (κ2) is 9.55. The van der Waals surface area contributed by atoms with Gasteiger partial charge in [-0.3, -0.25) is 0 Å². The Morgan fingerprint density at radius 1 is 0.528 bits per heavy atom.